The van der Waals surface area contributed by atoms with Gasteiger partial charge < -0.3 is 0 Å². The number of pyridine rings is 1. The van der Waals surface area contributed by atoms with Gasteiger partial charge in [0, 0.05) is 30.2 Å². The Morgan fingerprint density at radius 3 is 2.68 bits per heavy atom. The van der Waals surface area contributed by atoms with Crippen LogP contribution in [0.5, 0.6) is 0 Å². The number of rotatable bonds is 3. The number of aromatic nitrogens is 3. The molecule has 6 nitrogen and oxygen atoms in total. The van der Waals surface area contributed by atoms with Gasteiger partial charge in [0.2, 0.25) is 10.0 Å². The summed E-state index contributed by atoms with van der Waals surface area (Å²) in [5, 5.41) is 8.99. The van der Waals surface area contributed by atoms with Crippen LogP contribution < -0.4 is 0 Å². The van der Waals surface area contributed by atoms with Gasteiger partial charge in [-0.05, 0) is 49.2 Å². The molecule has 0 N–H and O–H groups in total. The minimum Gasteiger partial charge on any atom is -0.286 e. The summed E-state index contributed by atoms with van der Waals surface area (Å²) in [5.74, 6) is 0.833. The molecule has 0 amide bonds. The first-order chi connectivity index (χ1) is 12.1. The second-order valence-electron chi connectivity index (χ2n) is 6.14. The van der Waals surface area contributed by atoms with Crippen molar-refractivity contribution in [3.63, 3.8) is 0 Å². The Morgan fingerprint density at radius 1 is 1.08 bits per heavy atom. The fourth-order valence-corrected chi connectivity index (χ4v) is 4.92. The lowest BCUT2D eigenvalue weighted by molar-refractivity contribution is 0.308. The van der Waals surface area contributed by atoms with E-state index in [2.05, 4.69) is 10.2 Å². The molecule has 0 aliphatic carbocycles. The van der Waals surface area contributed by atoms with Crippen LogP contribution in [0.15, 0.2) is 53.6 Å². The third-order valence-electron chi connectivity index (χ3n) is 4.54. The summed E-state index contributed by atoms with van der Waals surface area (Å²) < 4.78 is 29.3. The Bertz CT molecular complexity index is 1000. The molecule has 3 aromatic rings. The van der Waals surface area contributed by atoms with Crippen molar-refractivity contribution in [2.75, 3.05) is 13.1 Å². The number of halogens is 1. The van der Waals surface area contributed by atoms with Crippen molar-refractivity contribution in [1.82, 2.24) is 18.9 Å². The molecule has 8 heteroatoms. The minimum atomic E-state index is -3.54. The van der Waals surface area contributed by atoms with Gasteiger partial charge in [-0.2, -0.15) is 4.31 Å². The smallest absolute Gasteiger partial charge is 0.243 e. The molecule has 3 heterocycles. The van der Waals surface area contributed by atoms with Crippen molar-refractivity contribution in [2.45, 2.75) is 23.7 Å². The van der Waals surface area contributed by atoms with Crippen molar-refractivity contribution >= 4 is 27.3 Å². The molecule has 0 unspecified atom stereocenters. The van der Waals surface area contributed by atoms with Crippen molar-refractivity contribution in [3.8, 4) is 0 Å². The summed E-state index contributed by atoms with van der Waals surface area (Å²) >= 11 is 5.87. The minimum absolute atomic E-state index is 0.0215. The van der Waals surface area contributed by atoms with Gasteiger partial charge in [-0.25, -0.2) is 8.42 Å². The van der Waals surface area contributed by atoms with E-state index in [9.17, 15) is 8.42 Å². The molecule has 1 aromatic carbocycles. The zero-order valence-electron chi connectivity index (χ0n) is 13.4. The molecule has 1 atom stereocenters. The first-order valence-corrected chi connectivity index (χ1v) is 9.93. The van der Waals surface area contributed by atoms with Crippen molar-refractivity contribution in [1.29, 1.82) is 0 Å². The summed E-state index contributed by atoms with van der Waals surface area (Å²) in [4.78, 5) is 0.267. The van der Waals surface area contributed by atoms with Gasteiger partial charge in [0.15, 0.2) is 5.65 Å². The maximum atomic E-state index is 12.9. The van der Waals surface area contributed by atoms with E-state index in [4.69, 9.17) is 11.6 Å². The fraction of sp³-hybridized carbons (Fsp3) is 0.294. The van der Waals surface area contributed by atoms with Gasteiger partial charge in [-0.15, -0.1) is 10.2 Å². The summed E-state index contributed by atoms with van der Waals surface area (Å²) in [7, 11) is -3.54. The van der Waals surface area contributed by atoms with Crippen molar-refractivity contribution < 1.29 is 8.42 Å². The van der Waals surface area contributed by atoms with E-state index in [0.717, 1.165) is 24.3 Å². The zero-order valence-corrected chi connectivity index (χ0v) is 15.0. The molecule has 1 aliphatic heterocycles. The summed E-state index contributed by atoms with van der Waals surface area (Å²) in [6.07, 6.45) is 3.60. The van der Waals surface area contributed by atoms with E-state index in [0.29, 0.717) is 18.1 Å². The zero-order chi connectivity index (χ0) is 17.4. The largest absolute Gasteiger partial charge is 0.286 e. The Labute approximate surface area is 151 Å². The highest BCUT2D eigenvalue weighted by Crippen LogP contribution is 2.30. The predicted octanol–water partition coefficient (Wildman–Crippen LogP) is 2.95. The topological polar surface area (TPSA) is 67.6 Å². The van der Waals surface area contributed by atoms with Gasteiger partial charge in [-0.1, -0.05) is 17.7 Å². The molecule has 0 spiro atoms. The number of piperidine rings is 1. The van der Waals surface area contributed by atoms with E-state index in [-0.39, 0.29) is 10.8 Å². The second-order valence-corrected chi connectivity index (χ2v) is 8.52. The maximum Gasteiger partial charge on any atom is 0.243 e. The third kappa shape index (κ3) is 3.03. The number of benzene rings is 1. The molecule has 1 fully saturated rings. The molecular formula is C17H17ClN4O2S. The van der Waals surface area contributed by atoms with Crippen LogP contribution in [0.4, 0.5) is 0 Å². The molecule has 2 aromatic heterocycles. The molecule has 25 heavy (non-hydrogen) atoms. The summed E-state index contributed by atoms with van der Waals surface area (Å²) in [6.45, 7) is 0.916. The maximum absolute atomic E-state index is 12.9. The number of fused-ring (bicyclic) bond motifs is 1. The summed E-state index contributed by atoms with van der Waals surface area (Å²) in [5.41, 5.74) is 0.773. The van der Waals surface area contributed by atoms with Crippen LogP contribution in [0.1, 0.15) is 24.6 Å². The third-order valence-corrected chi connectivity index (χ3v) is 6.67. The Morgan fingerprint density at radius 2 is 1.88 bits per heavy atom. The SMILES string of the molecule is O=S(=O)(c1ccc(Cl)cc1)N1CCC[C@@H](c2nnc3ccccn23)C1. The standard InChI is InChI=1S/C17H17ClN4O2S/c18-14-6-8-15(9-7-14)25(23,24)21-10-3-4-13(12-21)17-20-19-16-5-1-2-11-22(16)17/h1-2,5-9,11,13H,3-4,10,12H2/t13-/m1/s1. The Hall–Kier alpha value is -1.96. The predicted molar refractivity (Wildman–Crippen MR) is 95.2 cm³/mol. The molecule has 0 radical (unpaired) electrons. The highest BCUT2D eigenvalue weighted by Gasteiger charge is 2.32. The molecule has 4 rings (SSSR count). The molecule has 1 aliphatic rings. The van der Waals surface area contributed by atoms with Gasteiger partial charge in [0.1, 0.15) is 5.82 Å². The quantitative estimate of drug-likeness (QED) is 0.704. The molecule has 0 bridgehead atoms. The van der Waals surface area contributed by atoms with Crippen LogP contribution in [-0.2, 0) is 10.0 Å². The average molecular weight is 377 g/mol. The van der Waals surface area contributed by atoms with Crippen molar-refractivity contribution in [3.05, 3.63) is 59.5 Å². The molecule has 1 saturated heterocycles. The molecule has 130 valence electrons. The van der Waals surface area contributed by atoms with Gasteiger partial charge in [0.25, 0.3) is 0 Å². The van der Waals surface area contributed by atoms with Crippen molar-refractivity contribution in [2.24, 2.45) is 0 Å². The van der Waals surface area contributed by atoms with E-state index in [1.165, 1.54) is 4.31 Å². The van der Waals surface area contributed by atoms with Crippen LogP contribution in [-0.4, -0.2) is 40.4 Å². The number of nitrogens with zero attached hydrogens (tertiary/aromatic N) is 4. The van der Waals surface area contributed by atoms with Crippen LogP contribution in [0, 0.1) is 0 Å². The first-order valence-electron chi connectivity index (χ1n) is 8.11. The van der Waals surface area contributed by atoms with Crippen LogP contribution in [0.25, 0.3) is 5.65 Å². The van der Waals surface area contributed by atoms with E-state index < -0.39 is 10.0 Å². The highest BCUT2D eigenvalue weighted by atomic mass is 35.5. The lowest BCUT2D eigenvalue weighted by atomic mass is 9.99. The lowest BCUT2D eigenvalue weighted by Crippen LogP contribution is -2.39. The average Bonchev–Trinajstić information content (AvgIpc) is 3.06. The second kappa shape index (κ2) is 6.40. The van der Waals surface area contributed by atoms with Gasteiger partial charge in [0.05, 0.1) is 4.90 Å². The van der Waals surface area contributed by atoms with Gasteiger partial charge in [-0.3, -0.25) is 4.40 Å². The number of hydrogen-bond donors (Lipinski definition) is 0. The fourth-order valence-electron chi connectivity index (χ4n) is 3.27. The normalized spacial score (nSPS) is 19.3. The first kappa shape index (κ1) is 16.5. The lowest BCUT2D eigenvalue weighted by Gasteiger charge is -2.31. The number of sulfonamides is 1. The summed E-state index contributed by atoms with van der Waals surface area (Å²) in [6, 6.07) is 12.0. The number of hydrogen-bond acceptors (Lipinski definition) is 4. The van der Waals surface area contributed by atoms with Crippen LogP contribution in [0.3, 0.4) is 0 Å². The Balaban J connectivity index is 1.63. The molecular weight excluding hydrogens is 360 g/mol. The van der Waals surface area contributed by atoms with Crippen LogP contribution >= 0.6 is 11.6 Å². The van der Waals surface area contributed by atoms with E-state index in [1.54, 1.807) is 24.3 Å². The Kier molecular flexibility index (Phi) is 4.23. The molecule has 0 saturated carbocycles. The monoisotopic (exact) mass is 376 g/mol. The van der Waals surface area contributed by atoms with E-state index >= 15 is 0 Å². The van der Waals surface area contributed by atoms with Crippen LogP contribution in [0.2, 0.25) is 5.02 Å². The highest BCUT2D eigenvalue weighted by molar-refractivity contribution is 7.89. The van der Waals surface area contributed by atoms with E-state index in [1.807, 2.05) is 28.8 Å². The van der Waals surface area contributed by atoms with Gasteiger partial charge >= 0.3 is 0 Å².